The molecular formula is C13H22ClN3O4S. The van der Waals surface area contributed by atoms with Crippen LogP contribution in [0.1, 0.15) is 35.6 Å². The number of halogens is 1. The smallest absolute Gasteiger partial charge is 0.287 e. The normalized spacial score (nSPS) is 15.5. The lowest BCUT2D eigenvalue weighted by atomic mass is 10.4. The Hall–Kier alpha value is -1.09. The highest BCUT2D eigenvalue weighted by molar-refractivity contribution is 7.89. The van der Waals surface area contributed by atoms with E-state index in [9.17, 15) is 13.2 Å². The van der Waals surface area contributed by atoms with Crippen molar-refractivity contribution in [3.8, 4) is 0 Å². The minimum absolute atomic E-state index is 0. The van der Waals surface area contributed by atoms with Crippen molar-refractivity contribution in [2.75, 3.05) is 26.2 Å². The van der Waals surface area contributed by atoms with Crippen molar-refractivity contribution in [1.29, 1.82) is 0 Å². The fraction of sp³-hybridized carbons (Fsp3) is 0.615. The molecule has 3 N–H and O–H groups in total. The monoisotopic (exact) mass is 351 g/mol. The summed E-state index contributed by atoms with van der Waals surface area (Å²) in [5.74, 6) is -0.164. The van der Waals surface area contributed by atoms with E-state index in [0.29, 0.717) is 32.6 Å². The Morgan fingerprint density at radius 1 is 1.41 bits per heavy atom. The third-order valence-electron chi connectivity index (χ3n) is 3.45. The molecule has 0 unspecified atom stereocenters. The first-order valence-corrected chi connectivity index (χ1v) is 8.49. The van der Waals surface area contributed by atoms with E-state index >= 15 is 0 Å². The SMILES string of the molecule is Cc1oc(C(=O)NCCCN)cc1S(=O)(=O)N1CCCC1.Cl. The Morgan fingerprint density at radius 3 is 2.64 bits per heavy atom. The van der Waals surface area contributed by atoms with Gasteiger partial charge in [0.2, 0.25) is 10.0 Å². The second-order valence-electron chi connectivity index (χ2n) is 5.04. The summed E-state index contributed by atoms with van der Waals surface area (Å²) >= 11 is 0. The second kappa shape index (κ2) is 7.96. The number of carbonyl (C=O) groups is 1. The Morgan fingerprint density at radius 2 is 2.05 bits per heavy atom. The molecule has 1 saturated heterocycles. The van der Waals surface area contributed by atoms with Crippen molar-refractivity contribution < 1.29 is 17.6 Å². The maximum Gasteiger partial charge on any atom is 0.287 e. The third-order valence-corrected chi connectivity index (χ3v) is 5.45. The van der Waals surface area contributed by atoms with Crippen LogP contribution in [0.3, 0.4) is 0 Å². The minimum atomic E-state index is -3.57. The van der Waals surface area contributed by atoms with Gasteiger partial charge < -0.3 is 15.5 Å². The molecule has 1 aromatic rings. The predicted octanol–water partition coefficient (Wildman–Crippen LogP) is 0.873. The van der Waals surface area contributed by atoms with Crippen LogP contribution in [0.2, 0.25) is 0 Å². The van der Waals surface area contributed by atoms with Gasteiger partial charge in [-0.2, -0.15) is 4.31 Å². The molecule has 0 aliphatic carbocycles. The fourth-order valence-corrected chi connectivity index (χ4v) is 3.97. The van der Waals surface area contributed by atoms with E-state index in [-0.39, 0.29) is 28.8 Å². The molecule has 0 aromatic carbocycles. The van der Waals surface area contributed by atoms with E-state index in [4.69, 9.17) is 10.2 Å². The minimum Gasteiger partial charge on any atom is -0.455 e. The molecule has 0 radical (unpaired) electrons. The van der Waals surface area contributed by atoms with E-state index < -0.39 is 15.9 Å². The average Bonchev–Trinajstić information content (AvgIpc) is 3.08. The first-order valence-electron chi connectivity index (χ1n) is 7.05. The van der Waals surface area contributed by atoms with Crippen molar-refractivity contribution in [2.24, 2.45) is 5.73 Å². The van der Waals surface area contributed by atoms with Crippen LogP contribution in [-0.4, -0.2) is 44.8 Å². The number of hydrogen-bond donors (Lipinski definition) is 2. The summed E-state index contributed by atoms with van der Waals surface area (Å²) in [6.45, 7) is 3.50. The van der Waals surface area contributed by atoms with Crippen LogP contribution in [0, 0.1) is 6.92 Å². The summed E-state index contributed by atoms with van der Waals surface area (Å²) in [6, 6.07) is 1.31. The zero-order chi connectivity index (χ0) is 15.5. The lowest BCUT2D eigenvalue weighted by molar-refractivity contribution is 0.0924. The number of amides is 1. The molecule has 1 aliphatic rings. The third kappa shape index (κ3) is 4.01. The average molecular weight is 352 g/mol. The molecule has 22 heavy (non-hydrogen) atoms. The molecule has 9 heteroatoms. The highest BCUT2D eigenvalue weighted by atomic mass is 35.5. The van der Waals surface area contributed by atoms with Crippen LogP contribution < -0.4 is 11.1 Å². The van der Waals surface area contributed by atoms with Gasteiger partial charge in [-0.3, -0.25) is 4.79 Å². The van der Waals surface area contributed by atoms with E-state index in [1.54, 1.807) is 6.92 Å². The summed E-state index contributed by atoms with van der Waals surface area (Å²) < 4.78 is 31.7. The number of aryl methyl sites for hydroxylation is 1. The van der Waals surface area contributed by atoms with Crippen molar-refractivity contribution in [1.82, 2.24) is 9.62 Å². The van der Waals surface area contributed by atoms with E-state index in [1.165, 1.54) is 10.4 Å². The maximum atomic E-state index is 12.5. The molecule has 1 amide bonds. The molecule has 2 rings (SSSR count). The fourth-order valence-electron chi connectivity index (χ4n) is 2.29. The van der Waals surface area contributed by atoms with Gasteiger partial charge in [0.1, 0.15) is 10.7 Å². The quantitative estimate of drug-likeness (QED) is 0.740. The molecule has 0 spiro atoms. The topological polar surface area (TPSA) is 106 Å². The lowest BCUT2D eigenvalue weighted by Gasteiger charge is -2.14. The van der Waals surface area contributed by atoms with Crippen LogP contribution in [0.25, 0.3) is 0 Å². The zero-order valence-electron chi connectivity index (χ0n) is 12.5. The molecule has 0 bridgehead atoms. The first-order chi connectivity index (χ1) is 9.96. The maximum absolute atomic E-state index is 12.5. The molecule has 2 heterocycles. The van der Waals surface area contributed by atoms with Crippen molar-refractivity contribution in [3.63, 3.8) is 0 Å². The van der Waals surface area contributed by atoms with E-state index in [1.807, 2.05) is 0 Å². The van der Waals surface area contributed by atoms with Gasteiger partial charge in [0.15, 0.2) is 5.76 Å². The lowest BCUT2D eigenvalue weighted by Crippen LogP contribution is -2.28. The molecular weight excluding hydrogens is 330 g/mol. The van der Waals surface area contributed by atoms with Gasteiger partial charge in [-0.05, 0) is 32.7 Å². The van der Waals surface area contributed by atoms with Gasteiger partial charge in [-0.15, -0.1) is 12.4 Å². The summed E-state index contributed by atoms with van der Waals surface area (Å²) in [5, 5.41) is 2.64. The number of carbonyl (C=O) groups excluding carboxylic acids is 1. The van der Waals surface area contributed by atoms with Crippen LogP contribution >= 0.6 is 12.4 Å². The molecule has 1 aromatic heterocycles. The zero-order valence-corrected chi connectivity index (χ0v) is 14.1. The molecule has 7 nitrogen and oxygen atoms in total. The molecule has 126 valence electrons. The first kappa shape index (κ1) is 19.0. The van der Waals surface area contributed by atoms with Gasteiger partial charge in [0.05, 0.1) is 0 Å². The van der Waals surface area contributed by atoms with E-state index in [0.717, 1.165) is 12.8 Å². The number of nitrogens with zero attached hydrogens (tertiary/aromatic N) is 1. The van der Waals surface area contributed by atoms with Crippen LogP contribution in [-0.2, 0) is 10.0 Å². The Kier molecular flexibility index (Phi) is 6.86. The highest BCUT2D eigenvalue weighted by Crippen LogP contribution is 2.26. The number of furan rings is 1. The number of nitrogens with one attached hydrogen (secondary N) is 1. The Balaban J connectivity index is 0.00000242. The van der Waals surface area contributed by atoms with Crippen LogP contribution in [0.4, 0.5) is 0 Å². The largest absolute Gasteiger partial charge is 0.455 e. The van der Waals surface area contributed by atoms with E-state index in [2.05, 4.69) is 5.32 Å². The van der Waals surface area contributed by atoms with Crippen LogP contribution in [0.5, 0.6) is 0 Å². The number of rotatable bonds is 6. The number of nitrogens with two attached hydrogens (primary N) is 1. The van der Waals surface area contributed by atoms with Crippen molar-refractivity contribution >= 4 is 28.3 Å². The van der Waals surface area contributed by atoms with Crippen molar-refractivity contribution in [3.05, 3.63) is 17.6 Å². The van der Waals surface area contributed by atoms with Gasteiger partial charge >= 0.3 is 0 Å². The number of hydrogen-bond acceptors (Lipinski definition) is 5. The number of sulfonamides is 1. The summed E-state index contributed by atoms with van der Waals surface area (Å²) in [4.78, 5) is 12.0. The molecule has 1 fully saturated rings. The highest BCUT2D eigenvalue weighted by Gasteiger charge is 2.31. The van der Waals surface area contributed by atoms with Gasteiger partial charge in [-0.25, -0.2) is 8.42 Å². The second-order valence-corrected chi connectivity index (χ2v) is 6.95. The van der Waals surface area contributed by atoms with Crippen molar-refractivity contribution in [2.45, 2.75) is 31.1 Å². The standard InChI is InChI=1S/C13H21N3O4S.ClH/c1-10-12(21(18,19)16-7-2-3-8-16)9-11(20-10)13(17)15-6-4-5-14;/h9H,2-8,14H2,1H3,(H,15,17);1H. The summed E-state index contributed by atoms with van der Waals surface area (Å²) in [7, 11) is -3.57. The van der Waals surface area contributed by atoms with Gasteiger partial charge in [0, 0.05) is 25.7 Å². The molecule has 1 aliphatic heterocycles. The molecule has 0 atom stereocenters. The Labute approximate surface area is 136 Å². The summed E-state index contributed by atoms with van der Waals surface area (Å²) in [5.41, 5.74) is 5.35. The van der Waals surface area contributed by atoms with Gasteiger partial charge in [-0.1, -0.05) is 0 Å². The predicted molar refractivity (Wildman–Crippen MR) is 84.7 cm³/mol. The Bertz CT molecular complexity index is 609. The van der Waals surface area contributed by atoms with Gasteiger partial charge in [0.25, 0.3) is 5.91 Å². The van der Waals surface area contributed by atoms with Crippen LogP contribution in [0.15, 0.2) is 15.4 Å². The summed E-state index contributed by atoms with van der Waals surface area (Å²) in [6.07, 6.45) is 2.38. The molecule has 0 saturated carbocycles.